The third-order valence-corrected chi connectivity index (χ3v) is 3.64. The number of hydrogen-bond acceptors (Lipinski definition) is 6. The first-order valence-electron chi connectivity index (χ1n) is 5.97. The van der Waals surface area contributed by atoms with Crippen LogP contribution in [0.4, 0.5) is 0 Å². The number of methoxy groups -OCH3 is 2. The van der Waals surface area contributed by atoms with Crippen molar-refractivity contribution in [2.24, 2.45) is 0 Å². The van der Waals surface area contributed by atoms with Crippen molar-refractivity contribution >= 4 is 23.3 Å². The molecule has 1 aromatic carbocycles. The Balaban J connectivity index is 2.28. The van der Waals surface area contributed by atoms with Gasteiger partial charge in [0.05, 0.1) is 14.2 Å². The first-order valence-corrected chi connectivity index (χ1v) is 6.79. The maximum atomic E-state index is 10.9. The molecule has 0 radical (unpaired) electrons. The van der Waals surface area contributed by atoms with Crippen molar-refractivity contribution in [1.29, 1.82) is 0 Å². The lowest BCUT2D eigenvalue weighted by molar-refractivity contribution is -0.124. The molecule has 2 N–H and O–H groups in total. The number of thiazole rings is 1. The van der Waals surface area contributed by atoms with Gasteiger partial charge in [0.1, 0.15) is 16.5 Å². The highest BCUT2D eigenvalue weighted by atomic mass is 32.1. The molecule has 2 aromatic rings. The first-order chi connectivity index (χ1) is 10.2. The van der Waals surface area contributed by atoms with Crippen molar-refractivity contribution in [2.45, 2.75) is 0 Å². The molecule has 0 atom stereocenters. The van der Waals surface area contributed by atoms with Crippen molar-refractivity contribution in [3.63, 3.8) is 0 Å². The summed E-state index contributed by atoms with van der Waals surface area (Å²) >= 11 is 1.41. The molecule has 0 aliphatic rings. The number of ether oxygens (including phenoxy) is 2. The second kappa shape index (κ2) is 6.87. The summed E-state index contributed by atoms with van der Waals surface area (Å²) in [5.74, 6) is 0.764. The van der Waals surface area contributed by atoms with E-state index >= 15 is 0 Å². The highest BCUT2D eigenvalue weighted by Crippen LogP contribution is 2.32. The van der Waals surface area contributed by atoms with E-state index in [9.17, 15) is 4.79 Å². The van der Waals surface area contributed by atoms with E-state index in [1.54, 1.807) is 32.6 Å². The quantitative estimate of drug-likeness (QED) is 0.503. The monoisotopic (exact) mass is 306 g/mol. The fourth-order valence-electron chi connectivity index (χ4n) is 1.62. The molecule has 0 bridgehead atoms. The molecule has 0 unspecified atom stereocenters. The second-order valence-electron chi connectivity index (χ2n) is 3.98. The first kappa shape index (κ1) is 15.0. The van der Waals surface area contributed by atoms with Gasteiger partial charge < -0.3 is 9.47 Å². The van der Waals surface area contributed by atoms with Crippen LogP contribution in [0.5, 0.6) is 11.5 Å². The maximum Gasteiger partial charge on any atom is 0.267 e. The number of benzene rings is 1. The SMILES string of the molecule is COc1cc(OC)cc(-c2ncc(/C=C/C(=O)NO)s2)c1. The molecule has 110 valence electrons. The van der Waals surface area contributed by atoms with Gasteiger partial charge in [-0.3, -0.25) is 10.0 Å². The lowest BCUT2D eigenvalue weighted by Gasteiger charge is -2.06. The van der Waals surface area contributed by atoms with E-state index in [4.69, 9.17) is 14.7 Å². The Bertz CT molecular complexity index is 644. The zero-order valence-corrected chi connectivity index (χ0v) is 12.3. The van der Waals surface area contributed by atoms with Crippen LogP contribution in [0.3, 0.4) is 0 Å². The van der Waals surface area contributed by atoms with Crippen LogP contribution in [-0.2, 0) is 4.79 Å². The summed E-state index contributed by atoms with van der Waals surface area (Å²) in [6, 6.07) is 5.49. The molecule has 0 saturated carbocycles. The molecule has 1 aromatic heterocycles. The van der Waals surface area contributed by atoms with Gasteiger partial charge in [0.15, 0.2) is 0 Å². The molecule has 7 heteroatoms. The number of hydrogen-bond donors (Lipinski definition) is 2. The van der Waals surface area contributed by atoms with Crippen LogP contribution in [0.2, 0.25) is 0 Å². The number of nitrogens with zero attached hydrogens (tertiary/aromatic N) is 1. The Morgan fingerprint density at radius 1 is 1.29 bits per heavy atom. The fraction of sp³-hybridized carbons (Fsp3) is 0.143. The Morgan fingerprint density at radius 3 is 2.52 bits per heavy atom. The summed E-state index contributed by atoms with van der Waals surface area (Å²) in [7, 11) is 3.17. The van der Waals surface area contributed by atoms with Crippen molar-refractivity contribution in [3.8, 4) is 22.1 Å². The van der Waals surface area contributed by atoms with Crippen molar-refractivity contribution < 1.29 is 19.5 Å². The zero-order valence-electron chi connectivity index (χ0n) is 11.5. The van der Waals surface area contributed by atoms with Crippen molar-refractivity contribution in [3.05, 3.63) is 35.3 Å². The van der Waals surface area contributed by atoms with Gasteiger partial charge in [-0.15, -0.1) is 11.3 Å². The van der Waals surface area contributed by atoms with Crippen LogP contribution in [-0.4, -0.2) is 30.3 Å². The number of carbonyl (C=O) groups is 1. The minimum Gasteiger partial charge on any atom is -0.497 e. The molecule has 2 rings (SSSR count). The smallest absolute Gasteiger partial charge is 0.267 e. The Hall–Kier alpha value is -2.38. The number of hydroxylamine groups is 1. The summed E-state index contributed by atoms with van der Waals surface area (Å²) < 4.78 is 10.4. The molecule has 0 aliphatic carbocycles. The fourth-order valence-corrected chi connectivity index (χ4v) is 2.43. The number of rotatable bonds is 5. The van der Waals surface area contributed by atoms with Gasteiger partial charge in [-0.05, 0) is 18.2 Å². The average Bonchev–Trinajstić information content (AvgIpc) is 3.00. The third kappa shape index (κ3) is 3.80. The van der Waals surface area contributed by atoms with E-state index in [0.29, 0.717) is 11.5 Å². The lowest BCUT2D eigenvalue weighted by atomic mass is 10.2. The summed E-state index contributed by atoms with van der Waals surface area (Å²) in [4.78, 5) is 16.0. The van der Waals surface area contributed by atoms with Crippen molar-refractivity contribution in [2.75, 3.05) is 14.2 Å². The van der Waals surface area contributed by atoms with Gasteiger partial charge in [0.25, 0.3) is 5.91 Å². The van der Waals surface area contributed by atoms with E-state index in [2.05, 4.69) is 4.98 Å². The van der Waals surface area contributed by atoms with Gasteiger partial charge in [0, 0.05) is 28.8 Å². The Morgan fingerprint density at radius 2 is 1.95 bits per heavy atom. The van der Waals surface area contributed by atoms with E-state index < -0.39 is 5.91 Å². The summed E-state index contributed by atoms with van der Waals surface area (Å²) in [6.07, 6.45) is 4.45. The molecule has 1 amide bonds. The highest BCUT2D eigenvalue weighted by Gasteiger charge is 2.08. The Kier molecular flexibility index (Phi) is 4.91. The van der Waals surface area contributed by atoms with Crippen LogP contribution in [0.1, 0.15) is 4.88 Å². The van der Waals surface area contributed by atoms with Gasteiger partial charge in [-0.1, -0.05) is 0 Å². The second-order valence-corrected chi connectivity index (χ2v) is 5.04. The minimum atomic E-state index is -0.590. The molecule has 0 saturated heterocycles. The standard InChI is InChI=1S/C14H14N2O4S/c1-19-10-5-9(6-11(7-10)20-2)14-15-8-12(21-14)3-4-13(17)16-18/h3-8,18H,1-2H3,(H,16,17)/b4-3+. The molecule has 0 spiro atoms. The van der Waals surface area contributed by atoms with Crippen LogP contribution in [0, 0.1) is 0 Å². The number of amides is 1. The largest absolute Gasteiger partial charge is 0.497 e. The summed E-state index contributed by atoms with van der Waals surface area (Å²) in [5, 5.41) is 9.19. The topological polar surface area (TPSA) is 80.7 Å². The molecule has 6 nitrogen and oxygen atoms in total. The van der Waals surface area contributed by atoms with Crippen LogP contribution in [0.25, 0.3) is 16.6 Å². The molecular formula is C14H14N2O4S. The molecular weight excluding hydrogens is 292 g/mol. The zero-order chi connectivity index (χ0) is 15.2. The predicted molar refractivity (Wildman–Crippen MR) is 79.6 cm³/mol. The third-order valence-electron chi connectivity index (χ3n) is 2.63. The number of nitrogens with one attached hydrogen (secondary N) is 1. The normalized spacial score (nSPS) is 10.6. The van der Waals surface area contributed by atoms with Gasteiger partial charge in [0.2, 0.25) is 0 Å². The molecule has 0 aliphatic heterocycles. The maximum absolute atomic E-state index is 10.9. The van der Waals surface area contributed by atoms with Crippen LogP contribution < -0.4 is 15.0 Å². The molecule has 0 fully saturated rings. The average molecular weight is 306 g/mol. The van der Waals surface area contributed by atoms with Crippen LogP contribution in [0.15, 0.2) is 30.5 Å². The summed E-state index contributed by atoms with van der Waals surface area (Å²) in [5.41, 5.74) is 2.39. The van der Waals surface area contributed by atoms with Crippen molar-refractivity contribution in [1.82, 2.24) is 10.5 Å². The van der Waals surface area contributed by atoms with E-state index in [1.807, 2.05) is 12.1 Å². The molecule has 1 heterocycles. The van der Waals surface area contributed by atoms with Gasteiger partial charge in [-0.2, -0.15) is 0 Å². The van der Waals surface area contributed by atoms with Gasteiger partial charge >= 0.3 is 0 Å². The number of aromatic nitrogens is 1. The Labute approximate surface area is 125 Å². The van der Waals surface area contributed by atoms with E-state index in [-0.39, 0.29) is 0 Å². The lowest BCUT2D eigenvalue weighted by Crippen LogP contribution is -2.14. The van der Waals surface area contributed by atoms with Gasteiger partial charge in [-0.25, -0.2) is 10.5 Å². The van der Waals surface area contributed by atoms with E-state index in [1.165, 1.54) is 22.9 Å². The van der Waals surface area contributed by atoms with E-state index in [0.717, 1.165) is 15.4 Å². The van der Waals surface area contributed by atoms with Crippen LogP contribution >= 0.6 is 11.3 Å². The summed E-state index contributed by atoms with van der Waals surface area (Å²) in [6.45, 7) is 0. The predicted octanol–water partition coefficient (Wildman–Crippen LogP) is 2.35. The minimum absolute atomic E-state index is 0.590. The molecule has 21 heavy (non-hydrogen) atoms. The highest BCUT2D eigenvalue weighted by molar-refractivity contribution is 7.15. The number of carbonyl (C=O) groups excluding carboxylic acids is 1.